The number of ketones is 1. The average Bonchev–Trinajstić information content (AvgIpc) is 3.12. The third-order valence-corrected chi connectivity index (χ3v) is 6.78. The summed E-state index contributed by atoms with van der Waals surface area (Å²) in [5.74, 6) is 0.504. The highest BCUT2D eigenvalue weighted by atomic mass is 35.5. The number of carbonyl (C=O) groups is 1. The normalized spacial score (nSPS) is 18.0. The maximum Gasteiger partial charge on any atom is 0.243 e. The van der Waals surface area contributed by atoms with Crippen LogP contribution in [0.3, 0.4) is 0 Å². The van der Waals surface area contributed by atoms with Gasteiger partial charge in [-0.3, -0.25) is 4.79 Å². The zero-order chi connectivity index (χ0) is 18.9. The molecule has 5 nitrogen and oxygen atoms in total. The first-order valence-corrected chi connectivity index (χ1v) is 10.1. The van der Waals surface area contributed by atoms with Gasteiger partial charge < -0.3 is 4.74 Å². The van der Waals surface area contributed by atoms with Crippen molar-refractivity contribution in [1.82, 2.24) is 4.31 Å². The Morgan fingerprint density at radius 3 is 2.50 bits per heavy atom. The minimum Gasteiger partial charge on any atom is -0.496 e. The van der Waals surface area contributed by atoms with Gasteiger partial charge in [0.25, 0.3) is 0 Å². The highest BCUT2D eigenvalue weighted by Gasteiger charge is 2.39. The number of nitrogens with zero attached hydrogens (tertiary/aromatic N) is 1. The first-order valence-electron chi connectivity index (χ1n) is 8.31. The summed E-state index contributed by atoms with van der Waals surface area (Å²) in [5, 5.41) is 0.465. The van der Waals surface area contributed by atoms with Gasteiger partial charge in [-0.1, -0.05) is 11.6 Å². The van der Waals surface area contributed by atoms with Crippen LogP contribution < -0.4 is 4.74 Å². The molecule has 0 saturated carbocycles. The Hall–Kier alpha value is -1.89. The molecule has 1 heterocycles. The van der Waals surface area contributed by atoms with E-state index in [0.29, 0.717) is 35.7 Å². The Labute approximate surface area is 158 Å². The van der Waals surface area contributed by atoms with Crippen LogP contribution in [-0.4, -0.2) is 38.2 Å². The van der Waals surface area contributed by atoms with E-state index < -0.39 is 16.1 Å². The maximum atomic E-state index is 13.0. The summed E-state index contributed by atoms with van der Waals surface area (Å²) < 4.78 is 32.5. The monoisotopic (exact) mass is 393 g/mol. The van der Waals surface area contributed by atoms with Crippen molar-refractivity contribution in [2.45, 2.75) is 30.7 Å². The molecular formula is C19H20ClNO4S. The lowest BCUT2D eigenvalue weighted by atomic mass is 10.0. The molecule has 2 aromatic rings. The summed E-state index contributed by atoms with van der Waals surface area (Å²) in [6, 6.07) is 10.5. The van der Waals surface area contributed by atoms with E-state index in [0.717, 1.165) is 5.56 Å². The van der Waals surface area contributed by atoms with Gasteiger partial charge in [0.05, 0.1) is 18.0 Å². The largest absolute Gasteiger partial charge is 0.496 e. The van der Waals surface area contributed by atoms with Crippen LogP contribution in [0.2, 0.25) is 5.02 Å². The van der Waals surface area contributed by atoms with E-state index in [1.807, 2.05) is 6.92 Å². The summed E-state index contributed by atoms with van der Waals surface area (Å²) in [4.78, 5) is 13.1. The van der Waals surface area contributed by atoms with Gasteiger partial charge in [0.15, 0.2) is 5.78 Å². The van der Waals surface area contributed by atoms with Crippen molar-refractivity contribution < 1.29 is 17.9 Å². The van der Waals surface area contributed by atoms with E-state index in [1.165, 1.54) is 28.6 Å². The molecule has 7 heteroatoms. The molecule has 1 fully saturated rings. The van der Waals surface area contributed by atoms with E-state index in [9.17, 15) is 13.2 Å². The highest BCUT2D eigenvalue weighted by molar-refractivity contribution is 7.89. The summed E-state index contributed by atoms with van der Waals surface area (Å²) in [7, 11) is -2.18. The summed E-state index contributed by atoms with van der Waals surface area (Å²) >= 11 is 5.85. The Morgan fingerprint density at radius 2 is 1.88 bits per heavy atom. The number of carbonyl (C=O) groups excluding carboxylic acids is 1. The number of methoxy groups -OCH3 is 1. The number of rotatable bonds is 5. The number of hydrogen-bond acceptors (Lipinski definition) is 4. The minimum absolute atomic E-state index is 0.146. The summed E-state index contributed by atoms with van der Waals surface area (Å²) in [5.41, 5.74) is 1.33. The second-order valence-corrected chi connectivity index (χ2v) is 8.60. The van der Waals surface area contributed by atoms with Gasteiger partial charge in [-0.2, -0.15) is 4.31 Å². The molecule has 0 bridgehead atoms. The first-order chi connectivity index (χ1) is 12.3. The van der Waals surface area contributed by atoms with Gasteiger partial charge >= 0.3 is 0 Å². The van der Waals surface area contributed by atoms with Crippen LogP contribution in [0.1, 0.15) is 28.8 Å². The molecule has 0 radical (unpaired) electrons. The number of aryl methyl sites for hydroxylation is 1. The van der Waals surface area contributed by atoms with Gasteiger partial charge in [-0.25, -0.2) is 8.42 Å². The molecule has 1 unspecified atom stereocenters. The van der Waals surface area contributed by atoms with Gasteiger partial charge in [-0.05, 0) is 67.8 Å². The van der Waals surface area contributed by atoms with Crippen molar-refractivity contribution in [2.24, 2.45) is 0 Å². The Kier molecular flexibility index (Phi) is 5.37. The van der Waals surface area contributed by atoms with E-state index in [-0.39, 0.29) is 10.7 Å². The molecule has 1 aliphatic heterocycles. The lowest BCUT2D eigenvalue weighted by Gasteiger charge is -2.23. The predicted molar refractivity (Wildman–Crippen MR) is 100 cm³/mol. The second-order valence-electron chi connectivity index (χ2n) is 6.28. The molecule has 0 N–H and O–H groups in total. The number of benzene rings is 2. The van der Waals surface area contributed by atoms with Crippen LogP contribution in [0.15, 0.2) is 47.4 Å². The highest BCUT2D eigenvalue weighted by Crippen LogP contribution is 2.30. The third kappa shape index (κ3) is 3.49. The fourth-order valence-corrected chi connectivity index (χ4v) is 5.04. The molecule has 138 valence electrons. The SMILES string of the molecule is COc1ccc(C(=O)C2CCCN2S(=O)(=O)c2ccc(Cl)cc2)cc1C. The topological polar surface area (TPSA) is 63.7 Å². The van der Waals surface area contributed by atoms with Gasteiger partial charge in [0.2, 0.25) is 10.0 Å². The average molecular weight is 394 g/mol. The van der Waals surface area contributed by atoms with Crippen molar-refractivity contribution in [3.05, 3.63) is 58.6 Å². The van der Waals surface area contributed by atoms with E-state index in [2.05, 4.69) is 0 Å². The van der Waals surface area contributed by atoms with Crippen LogP contribution in [-0.2, 0) is 10.0 Å². The fraction of sp³-hybridized carbons (Fsp3) is 0.316. The molecule has 1 atom stereocenters. The molecule has 0 aliphatic carbocycles. The molecule has 1 aliphatic rings. The number of halogens is 1. The van der Waals surface area contributed by atoms with E-state index in [4.69, 9.17) is 16.3 Å². The zero-order valence-corrected chi connectivity index (χ0v) is 16.2. The molecular weight excluding hydrogens is 374 g/mol. The maximum absolute atomic E-state index is 13.0. The first kappa shape index (κ1) is 18.9. The Balaban J connectivity index is 1.91. The predicted octanol–water partition coefficient (Wildman–Crippen LogP) is 3.69. The number of hydrogen-bond donors (Lipinski definition) is 0. The molecule has 0 aromatic heterocycles. The van der Waals surface area contributed by atoms with Gasteiger partial charge in [-0.15, -0.1) is 0 Å². The van der Waals surface area contributed by atoms with Crippen LogP contribution in [0.5, 0.6) is 5.75 Å². The van der Waals surface area contributed by atoms with Crippen molar-refractivity contribution in [3.63, 3.8) is 0 Å². The smallest absolute Gasteiger partial charge is 0.243 e. The van der Waals surface area contributed by atoms with Crippen molar-refractivity contribution in [3.8, 4) is 5.75 Å². The number of sulfonamides is 1. The summed E-state index contributed by atoms with van der Waals surface area (Å²) in [6.07, 6.45) is 1.16. The Morgan fingerprint density at radius 1 is 1.19 bits per heavy atom. The van der Waals surface area contributed by atoms with Gasteiger partial charge in [0, 0.05) is 17.1 Å². The third-order valence-electron chi connectivity index (χ3n) is 4.61. The lowest BCUT2D eigenvalue weighted by molar-refractivity contribution is 0.0918. The molecule has 26 heavy (non-hydrogen) atoms. The van der Waals surface area contributed by atoms with Gasteiger partial charge in [0.1, 0.15) is 5.75 Å². The molecule has 3 rings (SSSR count). The molecule has 0 spiro atoms. The molecule has 0 amide bonds. The van der Waals surface area contributed by atoms with Crippen molar-refractivity contribution in [1.29, 1.82) is 0 Å². The van der Waals surface area contributed by atoms with Crippen LogP contribution in [0, 0.1) is 6.92 Å². The van der Waals surface area contributed by atoms with E-state index in [1.54, 1.807) is 25.3 Å². The minimum atomic E-state index is -3.75. The van der Waals surface area contributed by atoms with Crippen LogP contribution in [0.25, 0.3) is 0 Å². The lowest BCUT2D eigenvalue weighted by Crippen LogP contribution is -2.40. The standard InChI is InChI=1S/C19H20ClNO4S/c1-13-12-14(5-10-18(13)25-2)19(22)17-4-3-11-21(17)26(23,24)16-8-6-15(20)7-9-16/h5-10,12,17H,3-4,11H2,1-2H3. The Bertz CT molecular complexity index is 925. The zero-order valence-electron chi connectivity index (χ0n) is 14.6. The molecule has 1 saturated heterocycles. The number of Topliss-reactive ketones (excluding diaryl/α,β-unsaturated/α-hetero) is 1. The van der Waals surface area contributed by atoms with Crippen molar-refractivity contribution >= 4 is 27.4 Å². The summed E-state index contributed by atoms with van der Waals surface area (Å²) in [6.45, 7) is 2.18. The van der Waals surface area contributed by atoms with Crippen LogP contribution >= 0.6 is 11.6 Å². The molecule has 2 aromatic carbocycles. The van der Waals surface area contributed by atoms with Crippen molar-refractivity contribution in [2.75, 3.05) is 13.7 Å². The number of ether oxygens (including phenoxy) is 1. The fourth-order valence-electron chi connectivity index (χ4n) is 3.26. The second kappa shape index (κ2) is 7.39. The van der Waals surface area contributed by atoms with E-state index >= 15 is 0 Å². The quantitative estimate of drug-likeness (QED) is 0.726. The van der Waals surface area contributed by atoms with Crippen LogP contribution in [0.4, 0.5) is 0 Å².